The third kappa shape index (κ3) is 4.65. The number of piperidine rings is 1. The highest BCUT2D eigenvalue weighted by atomic mass is 16.5. The van der Waals surface area contributed by atoms with E-state index in [-0.39, 0.29) is 5.91 Å². The summed E-state index contributed by atoms with van der Waals surface area (Å²) < 4.78 is 6.75. The molecule has 106 valence electrons. The highest BCUT2D eigenvalue weighted by Crippen LogP contribution is 2.17. The van der Waals surface area contributed by atoms with Gasteiger partial charge in [-0.15, -0.1) is 0 Å². The molecule has 1 aliphatic heterocycles. The molecule has 1 fully saturated rings. The van der Waals surface area contributed by atoms with E-state index in [9.17, 15) is 4.79 Å². The van der Waals surface area contributed by atoms with E-state index in [0.717, 1.165) is 31.6 Å². The van der Waals surface area contributed by atoms with E-state index in [1.54, 1.807) is 18.0 Å². The normalized spacial score (nSPS) is 16.5. The smallest absolute Gasteiger partial charge is 0.224 e. The van der Waals surface area contributed by atoms with E-state index in [0.29, 0.717) is 25.5 Å². The van der Waals surface area contributed by atoms with Gasteiger partial charge in [-0.1, -0.05) is 0 Å². The van der Waals surface area contributed by atoms with Crippen LogP contribution in [0, 0.1) is 5.92 Å². The first-order valence-corrected chi connectivity index (χ1v) is 6.80. The number of ether oxygens (including phenoxy) is 1. The summed E-state index contributed by atoms with van der Waals surface area (Å²) in [6, 6.07) is 0. The van der Waals surface area contributed by atoms with E-state index < -0.39 is 0 Å². The topological polar surface area (TPSA) is 68.2 Å². The van der Waals surface area contributed by atoms with Gasteiger partial charge in [0.15, 0.2) is 0 Å². The molecule has 0 unspecified atom stereocenters. The lowest BCUT2D eigenvalue weighted by Gasteiger charge is -2.21. The van der Waals surface area contributed by atoms with Gasteiger partial charge in [0.25, 0.3) is 0 Å². The van der Waals surface area contributed by atoms with Crippen LogP contribution in [-0.4, -0.2) is 42.5 Å². The minimum Gasteiger partial charge on any atom is -0.383 e. The first-order chi connectivity index (χ1) is 9.28. The summed E-state index contributed by atoms with van der Waals surface area (Å²) in [6.07, 6.45) is 6.28. The average Bonchev–Trinajstić information content (AvgIpc) is 2.85. The number of amides is 1. The Bertz CT molecular complexity index is 399. The molecule has 1 amide bonds. The van der Waals surface area contributed by atoms with Crippen molar-refractivity contribution in [1.29, 1.82) is 0 Å². The van der Waals surface area contributed by atoms with E-state index in [4.69, 9.17) is 4.74 Å². The summed E-state index contributed by atoms with van der Waals surface area (Å²) in [5.74, 6) is 0.586. The van der Waals surface area contributed by atoms with Crippen molar-refractivity contribution in [1.82, 2.24) is 15.1 Å². The van der Waals surface area contributed by atoms with E-state index >= 15 is 0 Å². The number of rotatable bonds is 6. The maximum Gasteiger partial charge on any atom is 0.224 e. The predicted octanol–water partition coefficient (Wildman–Crippen LogP) is 0.858. The van der Waals surface area contributed by atoms with Gasteiger partial charge in [-0.3, -0.25) is 9.48 Å². The van der Waals surface area contributed by atoms with Gasteiger partial charge in [-0.05, 0) is 31.8 Å². The fraction of sp³-hybridized carbons (Fsp3) is 0.692. The lowest BCUT2D eigenvalue weighted by molar-refractivity contribution is -0.117. The van der Waals surface area contributed by atoms with Gasteiger partial charge in [0.2, 0.25) is 5.91 Å². The van der Waals surface area contributed by atoms with Crippen molar-refractivity contribution in [2.24, 2.45) is 5.92 Å². The van der Waals surface area contributed by atoms with Crippen LogP contribution in [0.3, 0.4) is 0 Å². The molecule has 0 radical (unpaired) electrons. The van der Waals surface area contributed by atoms with E-state index in [2.05, 4.69) is 15.7 Å². The highest BCUT2D eigenvalue weighted by molar-refractivity contribution is 5.90. The fourth-order valence-corrected chi connectivity index (χ4v) is 2.30. The van der Waals surface area contributed by atoms with Crippen molar-refractivity contribution in [3.05, 3.63) is 12.4 Å². The number of carbonyl (C=O) groups is 1. The number of carbonyl (C=O) groups excluding carboxylic acids is 1. The van der Waals surface area contributed by atoms with Crippen LogP contribution in [0.25, 0.3) is 0 Å². The van der Waals surface area contributed by atoms with Crippen molar-refractivity contribution in [3.8, 4) is 0 Å². The van der Waals surface area contributed by atoms with E-state index in [1.165, 1.54) is 0 Å². The standard InChI is InChI=1S/C13H22N4O2/c1-19-7-6-17-10-12(9-15-17)16-13(18)8-11-2-4-14-5-3-11/h9-11,14H,2-8H2,1H3,(H,16,18). The Kier molecular flexibility index (Phi) is 5.35. The molecule has 0 saturated carbocycles. The van der Waals surface area contributed by atoms with Crippen LogP contribution in [-0.2, 0) is 16.1 Å². The highest BCUT2D eigenvalue weighted by Gasteiger charge is 2.17. The van der Waals surface area contributed by atoms with E-state index in [1.807, 2.05) is 6.20 Å². The Morgan fingerprint density at radius 1 is 1.58 bits per heavy atom. The van der Waals surface area contributed by atoms with Crippen LogP contribution in [0.2, 0.25) is 0 Å². The molecule has 1 aliphatic rings. The average molecular weight is 266 g/mol. The van der Waals surface area contributed by atoms with Gasteiger partial charge in [0, 0.05) is 19.7 Å². The third-order valence-electron chi connectivity index (χ3n) is 3.37. The lowest BCUT2D eigenvalue weighted by atomic mass is 9.94. The van der Waals surface area contributed by atoms with Gasteiger partial charge in [-0.25, -0.2) is 0 Å². The Balaban J connectivity index is 1.76. The largest absolute Gasteiger partial charge is 0.383 e. The van der Waals surface area contributed by atoms with Gasteiger partial charge >= 0.3 is 0 Å². The fourth-order valence-electron chi connectivity index (χ4n) is 2.30. The monoisotopic (exact) mass is 266 g/mol. The first-order valence-electron chi connectivity index (χ1n) is 6.80. The summed E-state index contributed by atoms with van der Waals surface area (Å²) in [5, 5.41) is 10.4. The SMILES string of the molecule is COCCn1cc(NC(=O)CC2CCNCC2)cn1. The van der Waals surface area contributed by atoms with Gasteiger partial charge in [0.1, 0.15) is 0 Å². The van der Waals surface area contributed by atoms with Crippen LogP contribution in [0.5, 0.6) is 0 Å². The molecular formula is C13H22N4O2. The molecule has 2 N–H and O–H groups in total. The number of anilines is 1. The van der Waals surface area contributed by atoms with Crippen LogP contribution >= 0.6 is 0 Å². The summed E-state index contributed by atoms with van der Waals surface area (Å²) in [7, 11) is 1.66. The summed E-state index contributed by atoms with van der Waals surface area (Å²) in [4.78, 5) is 11.9. The number of nitrogens with zero attached hydrogens (tertiary/aromatic N) is 2. The minimum atomic E-state index is 0.0817. The lowest BCUT2D eigenvalue weighted by Crippen LogP contribution is -2.30. The Hall–Kier alpha value is -1.40. The molecule has 2 rings (SSSR count). The van der Waals surface area contributed by atoms with Gasteiger partial charge in [0.05, 0.1) is 25.0 Å². The second-order valence-corrected chi connectivity index (χ2v) is 4.93. The van der Waals surface area contributed by atoms with Crippen LogP contribution in [0.1, 0.15) is 19.3 Å². The molecule has 1 aromatic heterocycles. The summed E-state index contributed by atoms with van der Waals surface area (Å²) in [6.45, 7) is 3.35. The number of aromatic nitrogens is 2. The molecule has 19 heavy (non-hydrogen) atoms. The minimum absolute atomic E-state index is 0.0817. The van der Waals surface area contributed by atoms with Crippen LogP contribution in [0.15, 0.2) is 12.4 Å². The summed E-state index contributed by atoms with van der Waals surface area (Å²) in [5.41, 5.74) is 0.759. The summed E-state index contributed by atoms with van der Waals surface area (Å²) >= 11 is 0. The Morgan fingerprint density at radius 2 is 2.37 bits per heavy atom. The van der Waals surface area contributed by atoms with Crippen molar-refractivity contribution in [2.45, 2.75) is 25.8 Å². The van der Waals surface area contributed by atoms with Crippen molar-refractivity contribution >= 4 is 11.6 Å². The Labute approximate surface area is 113 Å². The molecule has 6 heteroatoms. The number of hydrogen-bond acceptors (Lipinski definition) is 4. The molecule has 0 aromatic carbocycles. The van der Waals surface area contributed by atoms with Crippen molar-refractivity contribution < 1.29 is 9.53 Å². The Morgan fingerprint density at radius 3 is 3.11 bits per heavy atom. The molecule has 0 bridgehead atoms. The van der Waals surface area contributed by atoms with Crippen molar-refractivity contribution in [3.63, 3.8) is 0 Å². The second-order valence-electron chi connectivity index (χ2n) is 4.93. The number of hydrogen-bond donors (Lipinski definition) is 2. The third-order valence-corrected chi connectivity index (χ3v) is 3.37. The zero-order valence-corrected chi connectivity index (χ0v) is 11.4. The molecule has 2 heterocycles. The first kappa shape index (κ1) is 14.0. The molecule has 0 atom stereocenters. The van der Waals surface area contributed by atoms with Crippen molar-refractivity contribution in [2.75, 3.05) is 32.1 Å². The zero-order chi connectivity index (χ0) is 13.5. The molecule has 1 aromatic rings. The second kappa shape index (κ2) is 7.25. The molecule has 0 spiro atoms. The number of nitrogens with one attached hydrogen (secondary N) is 2. The van der Waals surface area contributed by atoms with Crippen LogP contribution < -0.4 is 10.6 Å². The molecule has 0 aliphatic carbocycles. The molecule has 6 nitrogen and oxygen atoms in total. The van der Waals surface area contributed by atoms with Gasteiger partial charge in [-0.2, -0.15) is 5.10 Å². The maximum absolute atomic E-state index is 11.9. The quantitative estimate of drug-likeness (QED) is 0.801. The predicted molar refractivity (Wildman–Crippen MR) is 72.9 cm³/mol. The number of methoxy groups -OCH3 is 1. The molecule has 1 saturated heterocycles. The molecular weight excluding hydrogens is 244 g/mol. The maximum atomic E-state index is 11.9. The van der Waals surface area contributed by atoms with Gasteiger partial charge < -0.3 is 15.4 Å². The van der Waals surface area contributed by atoms with Crippen LogP contribution in [0.4, 0.5) is 5.69 Å². The zero-order valence-electron chi connectivity index (χ0n) is 11.4.